The van der Waals surface area contributed by atoms with E-state index < -0.39 is 10.0 Å². The van der Waals surface area contributed by atoms with Crippen LogP contribution in [0.2, 0.25) is 0 Å². The Morgan fingerprint density at radius 1 is 1.05 bits per heavy atom. The molecule has 0 aliphatic heterocycles. The van der Waals surface area contributed by atoms with Crippen molar-refractivity contribution >= 4 is 15.7 Å². The van der Waals surface area contributed by atoms with Gasteiger partial charge in [-0.05, 0) is 41.8 Å². The maximum absolute atomic E-state index is 12.3. The summed E-state index contributed by atoms with van der Waals surface area (Å²) in [6.45, 7) is 2.48. The summed E-state index contributed by atoms with van der Waals surface area (Å²) in [5.41, 5.74) is 2.55. The zero-order chi connectivity index (χ0) is 15.3. The third kappa shape index (κ3) is 4.06. The molecule has 0 aromatic heterocycles. The molecular weight excluding hydrogens is 286 g/mol. The number of hydrogen-bond donors (Lipinski definition) is 1. The fourth-order valence-corrected chi connectivity index (χ4v) is 3.06. The van der Waals surface area contributed by atoms with E-state index in [1.54, 1.807) is 37.4 Å². The first-order chi connectivity index (χ1) is 10.0. The summed E-state index contributed by atoms with van der Waals surface area (Å²) in [4.78, 5) is 0.261. The first-order valence-electron chi connectivity index (χ1n) is 6.75. The molecule has 5 heteroatoms. The Hall–Kier alpha value is -1.85. The van der Waals surface area contributed by atoms with Crippen LogP contribution in [-0.4, -0.2) is 15.5 Å². The van der Waals surface area contributed by atoms with E-state index in [0.29, 0.717) is 12.3 Å². The van der Waals surface area contributed by atoms with E-state index in [4.69, 9.17) is 4.74 Å². The lowest BCUT2D eigenvalue weighted by Gasteiger charge is -2.10. The van der Waals surface area contributed by atoms with Gasteiger partial charge in [0.25, 0.3) is 10.0 Å². The van der Waals surface area contributed by atoms with Gasteiger partial charge in [0, 0.05) is 12.8 Å². The number of aryl methyl sites for hydroxylation is 1. The molecular formula is C16H19NO3S. The van der Waals surface area contributed by atoms with Crippen LogP contribution in [0.15, 0.2) is 53.4 Å². The average molecular weight is 305 g/mol. The van der Waals surface area contributed by atoms with E-state index in [9.17, 15) is 8.42 Å². The molecule has 0 radical (unpaired) electrons. The zero-order valence-corrected chi connectivity index (χ0v) is 13.0. The van der Waals surface area contributed by atoms with E-state index in [1.807, 2.05) is 25.1 Å². The summed E-state index contributed by atoms with van der Waals surface area (Å²) in [7, 11) is -1.96. The van der Waals surface area contributed by atoms with Crippen molar-refractivity contribution < 1.29 is 13.2 Å². The van der Waals surface area contributed by atoms with E-state index in [1.165, 1.54) is 0 Å². The molecule has 0 aliphatic rings. The van der Waals surface area contributed by atoms with Gasteiger partial charge in [0.15, 0.2) is 0 Å². The molecule has 0 aliphatic carbocycles. The standard InChI is InChI=1S/C16H19NO3S/c1-3-13-7-9-16(10-8-13)21(18,19)17-15-6-4-5-14(11-15)12-20-2/h4-11,17H,3,12H2,1-2H3. The second kappa shape index (κ2) is 6.74. The summed E-state index contributed by atoms with van der Waals surface area (Å²) < 4.78 is 32.3. The Morgan fingerprint density at radius 2 is 1.76 bits per heavy atom. The van der Waals surface area contributed by atoms with Crippen molar-refractivity contribution in [2.45, 2.75) is 24.8 Å². The van der Waals surface area contributed by atoms with Gasteiger partial charge < -0.3 is 4.74 Å². The molecule has 4 nitrogen and oxygen atoms in total. The number of sulfonamides is 1. The number of methoxy groups -OCH3 is 1. The molecule has 0 saturated carbocycles. The van der Waals surface area contributed by atoms with Gasteiger partial charge in [0.1, 0.15) is 0 Å². The largest absolute Gasteiger partial charge is 0.380 e. The molecule has 0 atom stereocenters. The van der Waals surface area contributed by atoms with Crippen LogP contribution in [0.5, 0.6) is 0 Å². The minimum Gasteiger partial charge on any atom is -0.380 e. The molecule has 0 fully saturated rings. The van der Waals surface area contributed by atoms with Gasteiger partial charge in [0.2, 0.25) is 0 Å². The van der Waals surface area contributed by atoms with Crippen LogP contribution < -0.4 is 4.72 Å². The van der Waals surface area contributed by atoms with E-state index in [-0.39, 0.29) is 4.90 Å². The Balaban J connectivity index is 2.21. The van der Waals surface area contributed by atoms with Gasteiger partial charge in [0.05, 0.1) is 11.5 Å². The molecule has 2 aromatic rings. The predicted molar refractivity (Wildman–Crippen MR) is 83.8 cm³/mol. The summed E-state index contributed by atoms with van der Waals surface area (Å²) in [6.07, 6.45) is 0.882. The smallest absolute Gasteiger partial charge is 0.261 e. The molecule has 2 rings (SSSR count). The molecule has 0 spiro atoms. The molecule has 112 valence electrons. The van der Waals surface area contributed by atoms with E-state index in [0.717, 1.165) is 17.5 Å². The van der Waals surface area contributed by atoms with Crippen molar-refractivity contribution in [1.82, 2.24) is 0 Å². The second-order valence-electron chi connectivity index (χ2n) is 4.74. The molecule has 21 heavy (non-hydrogen) atoms. The van der Waals surface area contributed by atoms with E-state index in [2.05, 4.69) is 4.72 Å². The zero-order valence-electron chi connectivity index (χ0n) is 12.2. The van der Waals surface area contributed by atoms with Crippen LogP contribution in [0.25, 0.3) is 0 Å². The molecule has 0 amide bonds. The first-order valence-corrected chi connectivity index (χ1v) is 8.23. The number of hydrogen-bond acceptors (Lipinski definition) is 3. The highest BCUT2D eigenvalue weighted by atomic mass is 32.2. The van der Waals surface area contributed by atoms with Gasteiger partial charge in [-0.3, -0.25) is 4.72 Å². The van der Waals surface area contributed by atoms with Gasteiger partial charge in [-0.15, -0.1) is 0 Å². The minimum atomic E-state index is -3.56. The fraction of sp³-hybridized carbons (Fsp3) is 0.250. The van der Waals surface area contributed by atoms with Gasteiger partial charge in [-0.1, -0.05) is 31.2 Å². The van der Waals surface area contributed by atoms with Crippen molar-refractivity contribution in [2.24, 2.45) is 0 Å². The number of ether oxygens (including phenoxy) is 1. The number of benzene rings is 2. The molecule has 0 unspecified atom stereocenters. The lowest BCUT2D eigenvalue weighted by atomic mass is 10.2. The van der Waals surface area contributed by atoms with Crippen LogP contribution in [0, 0.1) is 0 Å². The second-order valence-corrected chi connectivity index (χ2v) is 6.42. The van der Waals surface area contributed by atoms with Gasteiger partial charge in [-0.25, -0.2) is 8.42 Å². The topological polar surface area (TPSA) is 55.4 Å². The van der Waals surface area contributed by atoms with Crippen molar-refractivity contribution in [2.75, 3.05) is 11.8 Å². The maximum atomic E-state index is 12.3. The summed E-state index contributed by atoms with van der Waals surface area (Å²) in [5.74, 6) is 0. The maximum Gasteiger partial charge on any atom is 0.261 e. The van der Waals surface area contributed by atoms with Crippen molar-refractivity contribution in [3.05, 3.63) is 59.7 Å². The monoisotopic (exact) mass is 305 g/mol. The van der Waals surface area contributed by atoms with Crippen molar-refractivity contribution in [1.29, 1.82) is 0 Å². The highest BCUT2D eigenvalue weighted by Gasteiger charge is 2.14. The summed E-state index contributed by atoms with van der Waals surface area (Å²) in [5, 5.41) is 0. The van der Waals surface area contributed by atoms with Crippen molar-refractivity contribution in [3.8, 4) is 0 Å². The van der Waals surface area contributed by atoms with Crippen LogP contribution in [-0.2, 0) is 27.8 Å². The van der Waals surface area contributed by atoms with Crippen LogP contribution in [0.1, 0.15) is 18.1 Å². The highest BCUT2D eigenvalue weighted by Crippen LogP contribution is 2.18. The van der Waals surface area contributed by atoms with Crippen LogP contribution in [0.3, 0.4) is 0 Å². The Labute approximate surface area is 125 Å². The van der Waals surface area contributed by atoms with Crippen LogP contribution in [0.4, 0.5) is 5.69 Å². The fourth-order valence-electron chi connectivity index (χ4n) is 2.01. The Kier molecular flexibility index (Phi) is 4.98. The SMILES string of the molecule is CCc1ccc(S(=O)(=O)Nc2cccc(COC)c2)cc1. The van der Waals surface area contributed by atoms with Gasteiger partial charge >= 0.3 is 0 Å². The van der Waals surface area contributed by atoms with Crippen molar-refractivity contribution in [3.63, 3.8) is 0 Å². The minimum absolute atomic E-state index is 0.261. The molecule has 1 N–H and O–H groups in total. The third-order valence-corrected chi connectivity index (χ3v) is 4.53. The molecule has 0 saturated heterocycles. The summed E-state index contributed by atoms with van der Waals surface area (Å²) >= 11 is 0. The molecule has 0 bridgehead atoms. The third-order valence-electron chi connectivity index (χ3n) is 3.13. The Bertz CT molecular complexity index is 694. The predicted octanol–water partition coefficient (Wildman–Crippen LogP) is 3.20. The lowest BCUT2D eigenvalue weighted by molar-refractivity contribution is 0.185. The van der Waals surface area contributed by atoms with Crippen LogP contribution >= 0.6 is 0 Å². The number of anilines is 1. The van der Waals surface area contributed by atoms with E-state index >= 15 is 0 Å². The molecule has 0 heterocycles. The lowest BCUT2D eigenvalue weighted by Crippen LogP contribution is -2.13. The quantitative estimate of drug-likeness (QED) is 0.891. The first kappa shape index (κ1) is 15.5. The van der Waals surface area contributed by atoms with Gasteiger partial charge in [-0.2, -0.15) is 0 Å². The number of rotatable bonds is 6. The normalized spacial score (nSPS) is 11.3. The average Bonchev–Trinajstić information content (AvgIpc) is 2.47. The molecule has 2 aromatic carbocycles. The summed E-state index contributed by atoms with van der Waals surface area (Å²) in [6, 6.07) is 14.1. The number of nitrogens with one attached hydrogen (secondary N) is 1. The highest BCUT2D eigenvalue weighted by molar-refractivity contribution is 7.92. The Morgan fingerprint density at radius 3 is 2.38 bits per heavy atom.